The first kappa shape index (κ1) is 13.3. The Morgan fingerprint density at radius 1 is 1.47 bits per heavy atom. The number of rotatable bonds is 5. The van der Waals surface area contributed by atoms with Crippen LogP contribution >= 0.6 is 11.3 Å². The predicted octanol–water partition coefficient (Wildman–Crippen LogP) is 2.30. The molecule has 1 N–H and O–H groups in total. The zero-order chi connectivity index (χ0) is 13.8. The van der Waals surface area contributed by atoms with Crippen molar-refractivity contribution in [1.29, 1.82) is 0 Å². The van der Waals surface area contributed by atoms with E-state index in [4.69, 9.17) is 0 Å². The number of hydrogen-bond acceptors (Lipinski definition) is 5. The van der Waals surface area contributed by atoms with E-state index in [2.05, 4.69) is 5.32 Å². The fourth-order valence-electron chi connectivity index (χ4n) is 1.77. The Bertz CT molecular complexity index is 648. The van der Waals surface area contributed by atoms with Crippen LogP contribution in [-0.2, 0) is 6.54 Å². The molecule has 0 radical (unpaired) electrons. The van der Waals surface area contributed by atoms with Crippen molar-refractivity contribution in [2.45, 2.75) is 13.5 Å². The molecule has 0 aliphatic rings. The number of thiazole rings is 1. The summed E-state index contributed by atoms with van der Waals surface area (Å²) in [6.07, 6.45) is 1.68. The lowest BCUT2D eigenvalue weighted by atomic mass is 10.1. The van der Waals surface area contributed by atoms with Gasteiger partial charge < -0.3 is 9.88 Å². The Balaban J connectivity index is 2.33. The lowest BCUT2D eigenvalue weighted by Crippen LogP contribution is -2.12. The summed E-state index contributed by atoms with van der Waals surface area (Å²) in [5, 5.41) is 15.7. The van der Waals surface area contributed by atoms with Crippen LogP contribution in [0.3, 0.4) is 0 Å². The molecule has 1 heterocycles. The van der Waals surface area contributed by atoms with E-state index >= 15 is 0 Å². The summed E-state index contributed by atoms with van der Waals surface area (Å²) >= 11 is 1.11. The molecule has 0 saturated carbocycles. The second kappa shape index (κ2) is 5.66. The zero-order valence-electron chi connectivity index (χ0n) is 10.3. The molecule has 7 heteroatoms. The molecule has 0 aliphatic heterocycles. The number of nitro benzene ring substituents is 1. The van der Waals surface area contributed by atoms with Crippen LogP contribution in [-0.4, -0.2) is 16.0 Å². The Hall–Kier alpha value is -2.15. The highest BCUT2D eigenvalue weighted by molar-refractivity contribution is 7.07. The van der Waals surface area contributed by atoms with Crippen molar-refractivity contribution in [2.75, 3.05) is 11.9 Å². The number of nitro groups is 1. The quantitative estimate of drug-likeness (QED) is 0.673. The van der Waals surface area contributed by atoms with E-state index in [9.17, 15) is 14.9 Å². The molecule has 6 nitrogen and oxygen atoms in total. The van der Waals surface area contributed by atoms with Crippen LogP contribution in [0.2, 0.25) is 0 Å². The normalized spacial score (nSPS) is 10.4. The van der Waals surface area contributed by atoms with Gasteiger partial charge in [-0.05, 0) is 18.6 Å². The van der Waals surface area contributed by atoms with Gasteiger partial charge in [0.15, 0.2) is 0 Å². The summed E-state index contributed by atoms with van der Waals surface area (Å²) in [6, 6.07) is 4.96. The van der Waals surface area contributed by atoms with Crippen molar-refractivity contribution < 1.29 is 4.92 Å². The zero-order valence-corrected chi connectivity index (χ0v) is 11.1. The first-order chi connectivity index (χ1) is 9.11. The van der Waals surface area contributed by atoms with Crippen LogP contribution in [0.25, 0.3) is 0 Å². The van der Waals surface area contributed by atoms with Crippen LogP contribution < -0.4 is 10.2 Å². The molecule has 0 fully saturated rings. The van der Waals surface area contributed by atoms with Crippen LogP contribution in [0.4, 0.5) is 11.4 Å². The monoisotopic (exact) mass is 279 g/mol. The smallest absolute Gasteiger partial charge is 0.307 e. The standard InChI is InChI=1S/C12H13N3O3S/c1-2-13-10-4-3-9(7-11(10)15(17)18)8-14-5-6-19-12(14)16/h3-7,13H,2,8H2,1H3. The summed E-state index contributed by atoms with van der Waals surface area (Å²) in [7, 11) is 0. The van der Waals surface area contributed by atoms with Crippen molar-refractivity contribution in [1.82, 2.24) is 4.57 Å². The van der Waals surface area contributed by atoms with E-state index < -0.39 is 4.92 Å². The number of hydrogen-bond donors (Lipinski definition) is 1. The van der Waals surface area contributed by atoms with Crippen molar-refractivity contribution in [3.05, 3.63) is 55.1 Å². The average molecular weight is 279 g/mol. The molecule has 0 aliphatic carbocycles. The molecule has 1 aromatic heterocycles. The SMILES string of the molecule is CCNc1ccc(Cn2ccsc2=O)cc1[N+](=O)[O-]. The van der Waals surface area contributed by atoms with Gasteiger partial charge in [0, 0.05) is 24.2 Å². The molecule has 0 atom stereocenters. The molecule has 0 saturated heterocycles. The van der Waals surface area contributed by atoms with Crippen molar-refractivity contribution in [2.24, 2.45) is 0 Å². The van der Waals surface area contributed by atoms with Gasteiger partial charge in [-0.25, -0.2) is 0 Å². The Labute approximate surface area is 113 Å². The molecule has 100 valence electrons. The number of benzene rings is 1. The minimum Gasteiger partial charge on any atom is -0.380 e. The molecule has 0 bridgehead atoms. The lowest BCUT2D eigenvalue weighted by molar-refractivity contribution is -0.384. The highest BCUT2D eigenvalue weighted by Crippen LogP contribution is 2.25. The van der Waals surface area contributed by atoms with Gasteiger partial charge in [-0.2, -0.15) is 0 Å². The number of nitrogens with one attached hydrogen (secondary N) is 1. The minimum atomic E-state index is -0.419. The molecule has 0 spiro atoms. The number of anilines is 1. The maximum absolute atomic E-state index is 11.4. The Kier molecular flexibility index (Phi) is 3.96. The fraction of sp³-hybridized carbons (Fsp3) is 0.250. The van der Waals surface area contributed by atoms with Gasteiger partial charge in [0.2, 0.25) is 0 Å². The van der Waals surface area contributed by atoms with E-state index in [1.54, 1.807) is 23.7 Å². The summed E-state index contributed by atoms with van der Waals surface area (Å²) in [6.45, 7) is 2.84. The highest BCUT2D eigenvalue weighted by atomic mass is 32.1. The summed E-state index contributed by atoms with van der Waals surface area (Å²) < 4.78 is 1.52. The predicted molar refractivity (Wildman–Crippen MR) is 74.9 cm³/mol. The van der Waals surface area contributed by atoms with E-state index in [-0.39, 0.29) is 10.6 Å². The van der Waals surface area contributed by atoms with Crippen LogP contribution in [0.1, 0.15) is 12.5 Å². The fourth-order valence-corrected chi connectivity index (χ4v) is 2.36. The number of aromatic nitrogens is 1. The molecular weight excluding hydrogens is 266 g/mol. The first-order valence-electron chi connectivity index (χ1n) is 5.77. The van der Waals surface area contributed by atoms with Crippen LogP contribution in [0.15, 0.2) is 34.6 Å². The van der Waals surface area contributed by atoms with Crippen LogP contribution in [0.5, 0.6) is 0 Å². The van der Waals surface area contributed by atoms with Gasteiger partial charge in [0.25, 0.3) is 5.69 Å². The summed E-state index contributed by atoms with van der Waals surface area (Å²) in [4.78, 5) is 22.0. The topological polar surface area (TPSA) is 77.2 Å². The van der Waals surface area contributed by atoms with Crippen LogP contribution in [0, 0.1) is 10.1 Å². The molecule has 2 aromatic rings. The van der Waals surface area contributed by atoms with E-state index in [0.29, 0.717) is 18.8 Å². The van der Waals surface area contributed by atoms with Gasteiger partial charge >= 0.3 is 4.87 Å². The molecular formula is C12H13N3O3S. The second-order valence-electron chi connectivity index (χ2n) is 3.94. The van der Waals surface area contributed by atoms with Gasteiger partial charge in [0.05, 0.1) is 11.5 Å². The molecule has 0 unspecified atom stereocenters. The van der Waals surface area contributed by atoms with Gasteiger partial charge in [-0.15, -0.1) is 0 Å². The van der Waals surface area contributed by atoms with Gasteiger partial charge in [-0.3, -0.25) is 14.9 Å². The molecule has 0 amide bonds. The highest BCUT2D eigenvalue weighted by Gasteiger charge is 2.14. The van der Waals surface area contributed by atoms with E-state index in [1.807, 2.05) is 6.92 Å². The third-order valence-corrected chi connectivity index (χ3v) is 3.32. The Morgan fingerprint density at radius 3 is 2.84 bits per heavy atom. The van der Waals surface area contributed by atoms with Crippen molar-refractivity contribution in [3.8, 4) is 0 Å². The van der Waals surface area contributed by atoms with E-state index in [1.165, 1.54) is 10.6 Å². The summed E-state index contributed by atoms with van der Waals surface area (Å²) in [5.41, 5.74) is 1.25. The largest absolute Gasteiger partial charge is 0.380 e. The number of nitrogens with zero attached hydrogens (tertiary/aromatic N) is 2. The lowest BCUT2D eigenvalue weighted by Gasteiger charge is -2.07. The Morgan fingerprint density at radius 2 is 2.26 bits per heavy atom. The third-order valence-electron chi connectivity index (χ3n) is 2.62. The van der Waals surface area contributed by atoms with E-state index in [0.717, 1.165) is 16.9 Å². The summed E-state index contributed by atoms with van der Waals surface area (Å²) in [5.74, 6) is 0. The maximum Gasteiger partial charge on any atom is 0.307 e. The molecule has 1 aromatic carbocycles. The second-order valence-corrected chi connectivity index (χ2v) is 4.79. The molecule has 2 rings (SSSR count). The average Bonchev–Trinajstić information content (AvgIpc) is 2.77. The molecule has 19 heavy (non-hydrogen) atoms. The van der Waals surface area contributed by atoms with Crippen molar-refractivity contribution >= 4 is 22.7 Å². The maximum atomic E-state index is 11.4. The minimum absolute atomic E-state index is 0.0302. The first-order valence-corrected chi connectivity index (χ1v) is 6.65. The van der Waals surface area contributed by atoms with Gasteiger partial charge in [0.1, 0.15) is 5.69 Å². The third kappa shape index (κ3) is 3.00. The van der Waals surface area contributed by atoms with Crippen molar-refractivity contribution in [3.63, 3.8) is 0 Å². The van der Waals surface area contributed by atoms with Gasteiger partial charge in [-0.1, -0.05) is 17.4 Å².